The topological polar surface area (TPSA) is 72.9 Å². The lowest BCUT2D eigenvalue weighted by molar-refractivity contribution is -0.116. The quantitative estimate of drug-likeness (QED) is 0.733. The Morgan fingerprint density at radius 3 is 2.71 bits per heavy atom. The van der Waals surface area contributed by atoms with Gasteiger partial charge >= 0.3 is 0 Å². The molecule has 0 bridgehead atoms. The van der Waals surface area contributed by atoms with E-state index in [-0.39, 0.29) is 18.3 Å². The van der Waals surface area contributed by atoms with Crippen LogP contribution in [-0.4, -0.2) is 22.2 Å². The minimum atomic E-state index is 0. The van der Waals surface area contributed by atoms with E-state index in [4.69, 9.17) is 5.73 Å². The highest BCUT2D eigenvalue weighted by Crippen LogP contribution is 2.07. The van der Waals surface area contributed by atoms with Crippen molar-refractivity contribution in [3.05, 3.63) is 12.3 Å². The van der Waals surface area contributed by atoms with Crippen molar-refractivity contribution >= 4 is 24.1 Å². The van der Waals surface area contributed by atoms with E-state index in [2.05, 4.69) is 10.4 Å². The first-order chi connectivity index (χ1) is 7.74. The molecule has 17 heavy (non-hydrogen) atoms. The van der Waals surface area contributed by atoms with Gasteiger partial charge in [0.25, 0.3) is 0 Å². The number of carbonyl (C=O) groups is 1. The number of halogens is 1. The number of hydrogen-bond acceptors (Lipinski definition) is 3. The molecule has 0 saturated carbocycles. The van der Waals surface area contributed by atoms with E-state index in [1.54, 1.807) is 24.0 Å². The molecular formula is C11H21ClN4O. The van der Waals surface area contributed by atoms with Crippen LogP contribution in [0, 0.1) is 0 Å². The fourth-order valence-electron chi connectivity index (χ4n) is 1.49. The average molecular weight is 261 g/mol. The Labute approximate surface area is 108 Å². The zero-order valence-electron chi connectivity index (χ0n) is 10.2. The predicted octanol–water partition coefficient (Wildman–Crippen LogP) is 1.69. The van der Waals surface area contributed by atoms with Crippen LogP contribution in [0.1, 0.15) is 32.1 Å². The van der Waals surface area contributed by atoms with Crippen LogP contribution in [0.2, 0.25) is 0 Å². The van der Waals surface area contributed by atoms with E-state index >= 15 is 0 Å². The lowest BCUT2D eigenvalue weighted by atomic mass is 10.1. The van der Waals surface area contributed by atoms with Crippen molar-refractivity contribution in [1.29, 1.82) is 0 Å². The lowest BCUT2D eigenvalue weighted by Gasteiger charge is -2.04. The van der Waals surface area contributed by atoms with Crippen molar-refractivity contribution in [3.8, 4) is 0 Å². The van der Waals surface area contributed by atoms with Gasteiger partial charge in [0.2, 0.25) is 5.91 Å². The standard InChI is InChI=1S/C11H20N4O.ClH/c1-15-10(7-9-13-15)14-11(16)6-4-2-3-5-8-12;/h7,9H,2-6,8,12H2,1H3,(H,14,16);1H. The van der Waals surface area contributed by atoms with Gasteiger partial charge in [-0.15, -0.1) is 12.4 Å². The monoisotopic (exact) mass is 260 g/mol. The summed E-state index contributed by atoms with van der Waals surface area (Å²) in [6.07, 6.45) is 6.37. The summed E-state index contributed by atoms with van der Waals surface area (Å²) >= 11 is 0. The molecule has 1 amide bonds. The molecule has 0 atom stereocenters. The largest absolute Gasteiger partial charge is 0.330 e. The molecule has 0 spiro atoms. The maximum absolute atomic E-state index is 11.5. The number of aryl methyl sites for hydroxylation is 1. The van der Waals surface area contributed by atoms with Crippen LogP contribution in [0.15, 0.2) is 12.3 Å². The number of nitrogens with zero attached hydrogens (tertiary/aromatic N) is 2. The second-order valence-electron chi connectivity index (χ2n) is 3.84. The summed E-state index contributed by atoms with van der Waals surface area (Å²) in [5, 5.41) is 6.80. The van der Waals surface area contributed by atoms with Gasteiger partial charge in [-0.25, -0.2) is 0 Å². The van der Waals surface area contributed by atoms with Gasteiger partial charge < -0.3 is 11.1 Å². The summed E-state index contributed by atoms with van der Waals surface area (Å²) in [6.45, 7) is 0.737. The molecule has 98 valence electrons. The number of aromatic nitrogens is 2. The fourth-order valence-corrected chi connectivity index (χ4v) is 1.49. The molecule has 0 fully saturated rings. The van der Waals surface area contributed by atoms with Crippen molar-refractivity contribution in [3.63, 3.8) is 0 Å². The smallest absolute Gasteiger partial charge is 0.225 e. The SMILES string of the molecule is Cl.Cn1nccc1NC(=O)CCCCCCN. The van der Waals surface area contributed by atoms with E-state index in [1.807, 2.05) is 0 Å². The number of hydrogen-bond donors (Lipinski definition) is 2. The minimum absolute atomic E-state index is 0. The van der Waals surface area contributed by atoms with Crippen LogP contribution in [0.25, 0.3) is 0 Å². The summed E-state index contributed by atoms with van der Waals surface area (Å²) in [4.78, 5) is 11.5. The normalized spacial score (nSPS) is 9.76. The zero-order chi connectivity index (χ0) is 11.8. The number of nitrogens with two attached hydrogens (primary N) is 1. The molecule has 1 aromatic heterocycles. The van der Waals surface area contributed by atoms with Crippen LogP contribution in [0.4, 0.5) is 5.82 Å². The maximum atomic E-state index is 11.5. The Kier molecular flexibility index (Phi) is 8.44. The minimum Gasteiger partial charge on any atom is -0.330 e. The number of unbranched alkanes of at least 4 members (excludes halogenated alkanes) is 3. The van der Waals surface area contributed by atoms with E-state index in [0.717, 1.165) is 38.0 Å². The molecule has 0 radical (unpaired) electrons. The van der Waals surface area contributed by atoms with E-state index < -0.39 is 0 Å². The zero-order valence-corrected chi connectivity index (χ0v) is 11.0. The lowest BCUT2D eigenvalue weighted by Crippen LogP contribution is -2.13. The van der Waals surface area contributed by atoms with Crippen molar-refractivity contribution in [1.82, 2.24) is 9.78 Å². The second kappa shape index (κ2) is 9.01. The van der Waals surface area contributed by atoms with Crippen LogP contribution >= 0.6 is 12.4 Å². The Hall–Kier alpha value is -1.07. The van der Waals surface area contributed by atoms with Crippen molar-refractivity contribution in [2.45, 2.75) is 32.1 Å². The molecule has 0 aromatic carbocycles. The van der Waals surface area contributed by atoms with Gasteiger partial charge in [-0.05, 0) is 19.4 Å². The molecule has 6 heteroatoms. The van der Waals surface area contributed by atoms with Gasteiger partial charge in [0.05, 0.1) is 6.20 Å². The van der Waals surface area contributed by atoms with Crippen molar-refractivity contribution < 1.29 is 4.79 Å². The van der Waals surface area contributed by atoms with Crippen molar-refractivity contribution in [2.24, 2.45) is 12.8 Å². The third-order valence-corrected chi connectivity index (χ3v) is 2.45. The highest BCUT2D eigenvalue weighted by Gasteiger charge is 2.04. The van der Waals surface area contributed by atoms with Crippen LogP contribution in [0.3, 0.4) is 0 Å². The maximum Gasteiger partial charge on any atom is 0.225 e. The third kappa shape index (κ3) is 6.28. The summed E-state index contributed by atoms with van der Waals surface area (Å²) in [5.74, 6) is 0.795. The molecule has 1 aromatic rings. The molecule has 0 aliphatic rings. The molecule has 0 saturated heterocycles. The van der Waals surface area contributed by atoms with Gasteiger partial charge in [0.15, 0.2) is 0 Å². The number of rotatable bonds is 7. The molecule has 5 nitrogen and oxygen atoms in total. The van der Waals surface area contributed by atoms with Gasteiger partial charge in [0, 0.05) is 19.5 Å². The van der Waals surface area contributed by atoms with Gasteiger partial charge in [0.1, 0.15) is 5.82 Å². The number of carbonyl (C=O) groups excluding carboxylic acids is 1. The summed E-state index contributed by atoms with van der Waals surface area (Å²) in [7, 11) is 1.80. The van der Waals surface area contributed by atoms with Crippen LogP contribution in [0.5, 0.6) is 0 Å². The van der Waals surface area contributed by atoms with Gasteiger partial charge in [-0.1, -0.05) is 12.8 Å². The average Bonchev–Trinajstić information content (AvgIpc) is 2.64. The molecule has 3 N–H and O–H groups in total. The Morgan fingerprint density at radius 2 is 2.12 bits per heavy atom. The molecule has 0 aliphatic carbocycles. The first kappa shape index (κ1) is 15.9. The second-order valence-corrected chi connectivity index (χ2v) is 3.84. The Bertz CT molecular complexity index is 327. The first-order valence-electron chi connectivity index (χ1n) is 5.72. The first-order valence-corrected chi connectivity index (χ1v) is 5.72. The summed E-state index contributed by atoms with van der Waals surface area (Å²) in [5.41, 5.74) is 5.39. The molecule has 1 rings (SSSR count). The predicted molar refractivity (Wildman–Crippen MR) is 71.2 cm³/mol. The third-order valence-electron chi connectivity index (χ3n) is 2.45. The molecular weight excluding hydrogens is 240 g/mol. The Morgan fingerprint density at radius 1 is 1.41 bits per heavy atom. The molecule has 0 aliphatic heterocycles. The number of amides is 1. The molecule has 1 heterocycles. The summed E-state index contributed by atoms with van der Waals surface area (Å²) in [6, 6.07) is 1.78. The Balaban J connectivity index is 0.00000256. The van der Waals surface area contributed by atoms with E-state index in [9.17, 15) is 4.79 Å². The van der Waals surface area contributed by atoms with Gasteiger partial charge in [-0.2, -0.15) is 5.10 Å². The van der Waals surface area contributed by atoms with Crippen molar-refractivity contribution in [2.75, 3.05) is 11.9 Å². The van der Waals surface area contributed by atoms with E-state index in [0.29, 0.717) is 6.42 Å². The van der Waals surface area contributed by atoms with E-state index in [1.165, 1.54) is 0 Å². The molecule has 0 unspecified atom stereocenters. The number of anilines is 1. The van der Waals surface area contributed by atoms with Crippen LogP contribution in [-0.2, 0) is 11.8 Å². The highest BCUT2D eigenvalue weighted by atomic mass is 35.5. The fraction of sp³-hybridized carbons (Fsp3) is 0.636. The number of nitrogens with one attached hydrogen (secondary N) is 1. The van der Waals surface area contributed by atoms with Crippen LogP contribution < -0.4 is 11.1 Å². The highest BCUT2D eigenvalue weighted by molar-refractivity contribution is 5.89. The summed E-state index contributed by atoms with van der Waals surface area (Å²) < 4.78 is 1.65. The van der Waals surface area contributed by atoms with Gasteiger partial charge in [-0.3, -0.25) is 9.48 Å².